The molecule has 1 aliphatic rings. The molecule has 0 aromatic heterocycles. The Bertz CT molecular complexity index is 605. The van der Waals surface area contributed by atoms with Crippen molar-refractivity contribution in [3.8, 4) is 0 Å². The van der Waals surface area contributed by atoms with Crippen LogP contribution in [0, 0.1) is 0 Å². The summed E-state index contributed by atoms with van der Waals surface area (Å²) in [5, 5.41) is 6.19. The SMILES string of the molecule is CCCN(C(=O)CCNC(=O)c1ccc(C(C)(C)C)cc1)C1CCNC1.Cl. The molecule has 1 atom stereocenters. The molecule has 2 amide bonds. The van der Waals surface area contributed by atoms with Crippen molar-refractivity contribution < 1.29 is 9.59 Å². The minimum atomic E-state index is -0.122. The van der Waals surface area contributed by atoms with Crippen LogP contribution in [-0.2, 0) is 10.2 Å². The summed E-state index contributed by atoms with van der Waals surface area (Å²) in [5.74, 6) is 0.00626. The van der Waals surface area contributed by atoms with Crippen molar-refractivity contribution in [2.75, 3.05) is 26.2 Å². The van der Waals surface area contributed by atoms with E-state index in [4.69, 9.17) is 0 Å². The Labute approximate surface area is 169 Å². The van der Waals surface area contributed by atoms with Crippen LogP contribution >= 0.6 is 12.4 Å². The minimum Gasteiger partial charge on any atom is -0.352 e. The average Bonchev–Trinajstić information content (AvgIpc) is 3.13. The Kier molecular flexibility index (Phi) is 9.27. The van der Waals surface area contributed by atoms with Crippen LogP contribution in [0.15, 0.2) is 24.3 Å². The zero-order valence-corrected chi connectivity index (χ0v) is 17.8. The molecule has 1 fully saturated rings. The number of rotatable bonds is 7. The maximum Gasteiger partial charge on any atom is 0.251 e. The highest BCUT2D eigenvalue weighted by molar-refractivity contribution is 5.94. The number of nitrogens with one attached hydrogen (secondary N) is 2. The normalized spacial score (nSPS) is 16.5. The van der Waals surface area contributed by atoms with E-state index in [0.29, 0.717) is 24.6 Å². The van der Waals surface area contributed by atoms with Crippen LogP contribution in [0.3, 0.4) is 0 Å². The molecule has 152 valence electrons. The number of benzene rings is 1. The minimum absolute atomic E-state index is 0. The van der Waals surface area contributed by atoms with Gasteiger partial charge in [-0.05, 0) is 42.5 Å². The van der Waals surface area contributed by atoms with Crippen molar-refractivity contribution in [1.82, 2.24) is 15.5 Å². The fourth-order valence-electron chi connectivity index (χ4n) is 3.31. The number of hydrogen-bond donors (Lipinski definition) is 2. The molecular weight excluding hydrogens is 362 g/mol. The van der Waals surface area contributed by atoms with Crippen LogP contribution in [0.5, 0.6) is 0 Å². The highest BCUT2D eigenvalue weighted by Gasteiger charge is 2.25. The predicted molar refractivity (Wildman–Crippen MR) is 113 cm³/mol. The maximum atomic E-state index is 12.5. The van der Waals surface area contributed by atoms with Crippen molar-refractivity contribution in [2.45, 2.75) is 58.4 Å². The molecule has 2 rings (SSSR count). The lowest BCUT2D eigenvalue weighted by atomic mass is 9.87. The molecule has 1 aromatic carbocycles. The number of nitrogens with zero attached hydrogens (tertiary/aromatic N) is 1. The van der Waals surface area contributed by atoms with E-state index in [0.717, 1.165) is 32.5 Å². The lowest BCUT2D eigenvalue weighted by Gasteiger charge is -2.28. The van der Waals surface area contributed by atoms with Gasteiger partial charge in [0.1, 0.15) is 0 Å². The number of halogens is 1. The van der Waals surface area contributed by atoms with Gasteiger partial charge in [0.25, 0.3) is 5.91 Å². The van der Waals surface area contributed by atoms with Gasteiger partial charge in [-0.25, -0.2) is 0 Å². The Hall–Kier alpha value is -1.59. The third kappa shape index (κ3) is 6.82. The fraction of sp³-hybridized carbons (Fsp3) is 0.619. The first-order valence-electron chi connectivity index (χ1n) is 9.72. The van der Waals surface area contributed by atoms with E-state index in [1.807, 2.05) is 29.2 Å². The molecule has 0 radical (unpaired) electrons. The first-order valence-corrected chi connectivity index (χ1v) is 9.72. The summed E-state index contributed by atoms with van der Waals surface area (Å²) in [4.78, 5) is 26.8. The van der Waals surface area contributed by atoms with Crippen LogP contribution in [0.1, 0.15) is 62.9 Å². The predicted octanol–water partition coefficient (Wildman–Crippen LogP) is 3.13. The van der Waals surface area contributed by atoms with Gasteiger partial charge in [0.15, 0.2) is 0 Å². The molecule has 6 heteroatoms. The highest BCUT2D eigenvalue weighted by atomic mass is 35.5. The van der Waals surface area contributed by atoms with Crippen molar-refractivity contribution in [1.29, 1.82) is 0 Å². The van der Waals surface area contributed by atoms with E-state index >= 15 is 0 Å². The molecule has 1 aliphatic heterocycles. The standard InChI is InChI=1S/C21H33N3O2.ClH/c1-5-14-24(18-10-12-22-15-18)19(25)11-13-23-20(26)16-6-8-17(9-7-16)21(2,3)4;/h6-9,18,22H,5,10-15H2,1-4H3,(H,23,26);1H. The lowest BCUT2D eigenvalue weighted by Crippen LogP contribution is -2.43. The Morgan fingerprint density at radius 3 is 2.41 bits per heavy atom. The second-order valence-corrected chi connectivity index (χ2v) is 8.07. The van der Waals surface area contributed by atoms with Crippen LogP contribution in [0.2, 0.25) is 0 Å². The second kappa shape index (κ2) is 10.7. The van der Waals surface area contributed by atoms with Crippen LogP contribution in [0.4, 0.5) is 0 Å². The van der Waals surface area contributed by atoms with Crippen molar-refractivity contribution in [3.63, 3.8) is 0 Å². The van der Waals surface area contributed by atoms with Gasteiger partial charge in [-0.15, -0.1) is 12.4 Å². The van der Waals surface area contributed by atoms with Crippen molar-refractivity contribution >= 4 is 24.2 Å². The lowest BCUT2D eigenvalue weighted by molar-refractivity contribution is -0.133. The molecular formula is C21H34ClN3O2. The Morgan fingerprint density at radius 2 is 1.89 bits per heavy atom. The monoisotopic (exact) mass is 395 g/mol. The van der Waals surface area contributed by atoms with Gasteiger partial charge < -0.3 is 15.5 Å². The van der Waals surface area contributed by atoms with Crippen LogP contribution < -0.4 is 10.6 Å². The molecule has 1 unspecified atom stereocenters. The number of carbonyl (C=O) groups excluding carboxylic acids is 2. The summed E-state index contributed by atoms with van der Waals surface area (Å²) in [6.45, 7) is 11.5. The smallest absolute Gasteiger partial charge is 0.251 e. The zero-order chi connectivity index (χ0) is 19.2. The summed E-state index contributed by atoms with van der Waals surface area (Å²) >= 11 is 0. The van der Waals surface area contributed by atoms with E-state index in [-0.39, 0.29) is 29.6 Å². The van der Waals surface area contributed by atoms with Gasteiger partial charge >= 0.3 is 0 Å². The largest absolute Gasteiger partial charge is 0.352 e. The van der Waals surface area contributed by atoms with Crippen molar-refractivity contribution in [2.24, 2.45) is 0 Å². The summed E-state index contributed by atoms with van der Waals surface area (Å²) < 4.78 is 0. The van der Waals surface area contributed by atoms with E-state index in [9.17, 15) is 9.59 Å². The van der Waals surface area contributed by atoms with E-state index in [2.05, 4.69) is 38.3 Å². The maximum absolute atomic E-state index is 12.5. The first kappa shape index (κ1) is 23.4. The van der Waals surface area contributed by atoms with E-state index in [1.165, 1.54) is 5.56 Å². The molecule has 5 nitrogen and oxygen atoms in total. The topological polar surface area (TPSA) is 61.4 Å². The second-order valence-electron chi connectivity index (χ2n) is 8.07. The van der Waals surface area contributed by atoms with Gasteiger partial charge in [0.05, 0.1) is 0 Å². The Morgan fingerprint density at radius 1 is 1.22 bits per heavy atom. The highest BCUT2D eigenvalue weighted by Crippen LogP contribution is 2.22. The van der Waals surface area contributed by atoms with Crippen LogP contribution in [-0.4, -0.2) is 48.9 Å². The van der Waals surface area contributed by atoms with Gasteiger partial charge in [0.2, 0.25) is 5.91 Å². The third-order valence-electron chi connectivity index (χ3n) is 4.90. The van der Waals surface area contributed by atoms with E-state index in [1.54, 1.807) is 0 Å². The van der Waals surface area contributed by atoms with Gasteiger partial charge in [-0.3, -0.25) is 9.59 Å². The quantitative estimate of drug-likeness (QED) is 0.745. The molecule has 2 N–H and O–H groups in total. The molecule has 0 spiro atoms. The number of hydrogen-bond acceptors (Lipinski definition) is 3. The molecule has 1 aromatic rings. The molecule has 0 bridgehead atoms. The number of carbonyl (C=O) groups is 2. The van der Waals surface area contributed by atoms with E-state index < -0.39 is 0 Å². The van der Waals surface area contributed by atoms with Crippen molar-refractivity contribution in [3.05, 3.63) is 35.4 Å². The van der Waals surface area contributed by atoms with Crippen LogP contribution in [0.25, 0.3) is 0 Å². The summed E-state index contributed by atoms with van der Waals surface area (Å²) in [6, 6.07) is 7.99. The molecule has 1 saturated heterocycles. The summed E-state index contributed by atoms with van der Waals surface area (Å²) in [7, 11) is 0. The fourth-order valence-corrected chi connectivity index (χ4v) is 3.31. The third-order valence-corrected chi connectivity index (χ3v) is 4.90. The summed E-state index contributed by atoms with van der Waals surface area (Å²) in [5.41, 5.74) is 1.90. The number of amides is 2. The molecule has 0 saturated carbocycles. The molecule has 0 aliphatic carbocycles. The summed E-state index contributed by atoms with van der Waals surface area (Å²) in [6.07, 6.45) is 2.31. The van der Waals surface area contributed by atoms with Gasteiger partial charge in [0, 0.05) is 37.7 Å². The Balaban J connectivity index is 0.00000364. The molecule has 1 heterocycles. The van der Waals surface area contributed by atoms with Gasteiger partial charge in [-0.2, -0.15) is 0 Å². The molecule has 27 heavy (non-hydrogen) atoms. The van der Waals surface area contributed by atoms with Gasteiger partial charge in [-0.1, -0.05) is 39.8 Å². The first-order chi connectivity index (χ1) is 12.3. The average molecular weight is 396 g/mol. The zero-order valence-electron chi connectivity index (χ0n) is 17.0.